The number of anilines is 3. The lowest BCUT2D eigenvalue weighted by molar-refractivity contribution is -0.384. The van der Waals surface area contributed by atoms with E-state index in [0.717, 1.165) is 18.3 Å². The average Bonchev–Trinajstić information content (AvgIpc) is 2.42. The zero-order chi connectivity index (χ0) is 14.7. The molecule has 2 rings (SSSR count). The standard InChI is InChI=1S/C11H9F2N5O2/c1-14-10-9(18(19)20)5-15-11(17-10)16-6-2-3-7(12)8(13)4-6/h2-5H,1H3,(H2,14,15,16,17). The van der Waals surface area contributed by atoms with Gasteiger partial charge in [0.2, 0.25) is 11.8 Å². The minimum absolute atomic E-state index is 0.00934. The van der Waals surface area contributed by atoms with E-state index in [2.05, 4.69) is 20.6 Å². The first-order valence-electron chi connectivity index (χ1n) is 5.42. The lowest BCUT2D eigenvalue weighted by Gasteiger charge is -2.07. The Morgan fingerprint density at radius 3 is 2.65 bits per heavy atom. The van der Waals surface area contributed by atoms with Gasteiger partial charge in [0, 0.05) is 18.8 Å². The van der Waals surface area contributed by atoms with Crippen molar-refractivity contribution < 1.29 is 13.7 Å². The smallest absolute Gasteiger partial charge is 0.329 e. The van der Waals surface area contributed by atoms with Crippen molar-refractivity contribution in [3.63, 3.8) is 0 Å². The highest BCUT2D eigenvalue weighted by Gasteiger charge is 2.16. The van der Waals surface area contributed by atoms with Gasteiger partial charge in [-0.2, -0.15) is 4.98 Å². The Labute approximate surface area is 111 Å². The summed E-state index contributed by atoms with van der Waals surface area (Å²) < 4.78 is 25.8. The largest absolute Gasteiger partial charge is 0.367 e. The molecule has 0 spiro atoms. The van der Waals surface area contributed by atoms with Gasteiger partial charge >= 0.3 is 5.69 Å². The van der Waals surface area contributed by atoms with Crippen molar-refractivity contribution in [1.82, 2.24) is 9.97 Å². The molecule has 7 nitrogen and oxygen atoms in total. The Balaban J connectivity index is 2.29. The predicted molar refractivity (Wildman–Crippen MR) is 67.9 cm³/mol. The van der Waals surface area contributed by atoms with Crippen LogP contribution in [0.2, 0.25) is 0 Å². The van der Waals surface area contributed by atoms with E-state index >= 15 is 0 Å². The Morgan fingerprint density at radius 2 is 2.05 bits per heavy atom. The number of nitro groups is 1. The molecule has 0 aliphatic heterocycles. The number of rotatable bonds is 4. The van der Waals surface area contributed by atoms with Crippen LogP contribution in [0.3, 0.4) is 0 Å². The van der Waals surface area contributed by atoms with E-state index < -0.39 is 16.6 Å². The normalized spacial score (nSPS) is 10.2. The molecule has 0 aliphatic carbocycles. The second-order valence-corrected chi connectivity index (χ2v) is 3.69. The Kier molecular flexibility index (Phi) is 3.69. The fourth-order valence-electron chi connectivity index (χ4n) is 1.46. The van der Waals surface area contributed by atoms with Gasteiger partial charge in [0.1, 0.15) is 6.20 Å². The maximum atomic E-state index is 13.0. The molecule has 1 heterocycles. The Bertz CT molecular complexity index is 665. The third kappa shape index (κ3) is 2.76. The van der Waals surface area contributed by atoms with Gasteiger partial charge in [-0.05, 0) is 12.1 Å². The molecule has 0 saturated carbocycles. The van der Waals surface area contributed by atoms with Gasteiger partial charge in [-0.1, -0.05) is 0 Å². The zero-order valence-electron chi connectivity index (χ0n) is 10.2. The second kappa shape index (κ2) is 5.43. The molecular formula is C11H9F2N5O2. The molecule has 104 valence electrons. The van der Waals surface area contributed by atoms with E-state index in [-0.39, 0.29) is 23.1 Å². The van der Waals surface area contributed by atoms with Crippen LogP contribution < -0.4 is 10.6 Å². The lowest BCUT2D eigenvalue weighted by Crippen LogP contribution is -2.04. The average molecular weight is 281 g/mol. The van der Waals surface area contributed by atoms with Crippen LogP contribution in [0, 0.1) is 21.7 Å². The number of nitrogens with zero attached hydrogens (tertiary/aromatic N) is 3. The quantitative estimate of drug-likeness (QED) is 0.660. The second-order valence-electron chi connectivity index (χ2n) is 3.69. The molecule has 20 heavy (non-hydrogen) atoms. The maximum Gasteiger partial charge on any atom is 0.329 e. The van der Waals surface area contributed by atoms with Crippen LogP contribution in [-0.2, 0) is 0 Å². The summed E-state index contributed by atoms with van der Waals surface area (Å²) >= 11 is 0. The van der Waals surface area contributed by atoms with Crippen LogP contribution in [0.15, 0.2) is 24.4 Å². The van der Waals surface area contributed by atoms with Crippen molar-refractivity contribution in [1.29, 1.82) is 0 Å². The van der Waals surface area contributed by atoms with Crippen molar-refractivity contribution >= 4 is 23.1 Å². The molecule has 0 radical (unpaired) electrons. The number of nitrogens with one attached hydrogen (secondary N) is 2. The van der Waals surface area contributed by atoms with E-state index in [0.29, 0.717) is 0 Å². The van der Waals surface area contributed by atoms with Gasteiger partial charge < -0.3 is 10.6 Å². The summed E-state index contributed by atoms with van der Waals surface area (Å²) in [6, 6.07) is 3.17. The van der Waals surface area contributed by atoms with Gasteiger partial charge in [-0.15, -0.1) is 0 Å². The predicted octanol–water partition coefficient (Wildman–Crippen LogP) is 2.45. The number of benzene rings is 1. The molecule has 0 amide bonds. The van der Waals surface area contributed by atoms with Gasteiger partial charge in [-0.3, -0.25) is 10.1 Å². The van der Waals surface area contributed by atoms with Crippen LogP contribution in [0.25, 0.3) is 0 Å². The Morgan fingerprint density at radius 1 is 1.30 bits per heavy atom. The molecule has 0 fully saturated rings. The van der Waals surface area contributed by atoms with Crippen LogP contribution in [0.5, 0.6) is 0 Å². The van der Waals surface area contributed by atoms with Crippen molar-refractivity contribution in [3.8, 4) is 0 Å². The SMILES string of the molecule is CNc1nc(Nc2ccc(F)c(F)c2)ncc1[N+](=O)[O-]. The van der Waals surface area contributed by atoms with Crippen LogP contribution in [0.4, 0.5) is 31.9 Å². The molecule has 9 heteroatoms. The van der Waals surface area contributed by atoms with Gasteiger partial charge in [0.05, 0.1) is 4.92 Å². The number of halogens is 2. The number of hydrogen-bond acceptors (Lipinski definition) is 6. The highest BCUT2D eigenvalue weighted by Crippen LogP contribution is 2.23. The third-order valence-electron chi connectivity index (χ3n) is 2.38. The first-order chi connectivity index (χ1) is 9.51. The highest BCUT2D eigenvalue weighted by molar-refractivity contribution is 5.60. The third-order valence-corrected chi connectivity index (χ3v) is 2.38. The van der Waals surface area contributed by atoms with E-state index in [1.807, 2.05) is 0 Å². The van der Waals surface area contributed by atoms with Gasteiger partial charge in [-0.25, -0.2) is 13.8 Å². The van der Waals surface area contributed by atoms with Crippen molar-refractivity contribution in [2.75, 3.05) is 17.7 Å². The number of aromatic nitrogens is 2. The summed E-state index contributed by atoms with van der Waals surface area (Å²) in [5.41, 5.74) is -0.0665. The van der Waals surface area contributed by atoms with Crippen LogP contribution in [0.1, 0.15) is 0 Å². The fraction of sp³-hybridized carbons (Fsp3) is 0.0909. The van der Waals surface area contributed by atoms with Gasteiger partial charge in [0.25, 0.3) is 0 Å². The van der Waals surface area contributed by atoms with E-state index in [9.17, 15) is 18.9 Å². The lowest BCUT2D eigenvalue weighted by atomic mass is 10.3. The molecule has 0 saturated heterocycles. The monoisotopic (exact) mass is 281 g/mol. The zero-order valence-corrected chi connectivity index (χ0v) is 10.2. The first kappa shape index (κ1) is 13.6. The van der Waals surface area contributed by atoms with Crippen molar-refractivity contribution in [2.45, 2.75) is 0 Å². The van der Waals surface area contributed by atoms with Crippen LogP contribution in [-0.4, -0.2) is 21.9 Å². The molecule has 2 N–H and O–H groups in total. The molecule has 0 aliphatic rings. The molecule has 0 unspecified atom stereocenters. The highest BCUT2D eigenvalue weighted by atomic mass is 19.2. The van der Waals surface area contributed by atoms with Crippen molar-refractivity contribution in [2.24, 2.45) is 0 Å². The van der Waals surface area contributed by atoms with Gasteiger partial charge in [0.15, 0.2) is 11.6 Å². The van der Waals surface area contributed by atoms with Crippen LogP contribution >= 0.6 is 0 Å². The minimum Gasteiger partial charge on any atom is -0.367 e. The minimum atomic E-state index is -1.02. The summed E-state index contributed by atoms with van der Waals surface area (Å²) in [4.78, 5) is 17.7. The molecule has 1 aromatic carbocycles. The number of hydrogen-bond donors (Lipinski definition) is 2. The summed E-state index contributed by atoms with van der Waals surface area (Å²) in [6.07, 6.45) is 1.01. The summed E-state index contributed by atoms with van der Waals surface area (Å²) in [5, 5.41) is 15.9. The van der Waals surface area contributed by atoms with E-state index in [1.54, 1.807) is 0 Å². The molecule has 0 bridgehead atoms. The summed E-state index contributed by atoms with van der Waals surface area (Å²) in [5.74, 6) is -1.97. The topological polar surface area (TPSA) is 93.0 Å². The maximum absolute atomic E-state index is 13.0. The summed E-state index contributed by atoms with van der Waals surface area (Å²) in [6.45, 7) is 0. The molecule has 2 aromatic rings. The summed E-state index contributed by atoms with van der Waals surface area (Å²) in [7, 11) is 1.47. The van der Waals surface area contributed by atoms with E-state index in [1.165, 1.54) is 13.1 Å². The fourth-order valence-corrected chi connectivity index (χ4v) is 1.46. The molecule has 0 atom stereocenters. The van der Waals surface area contributed by atoms with E-state index in [4.69, 9.17) is 0 Å². The first-order valence-corrected chi connectivity index (χ1v) is 5.42. The molecular weight excluding hydrogens is 272 g/mol. The molecule has 1 aromatic heterocycles. The Hall–Kier alpha value is -2.84. The van der Waals surface area contributed by atoms with Crippen molar-refractivity contribution in [3.05, 3.63) is 46.1 Å².